The molecule has 2 N–H and O–H groups in total. The molecule has 0 saturated heterocycles. The molecule has 0 amide bonds. The van der Waals surface area contributed by atoms with Gasteiger partial charge >= 0.3 is 0 Å². The zero-order chi connectivity index (χ0) is 11.3. The Bertz CT molecular complexity index is 294. The van der Waals surface area contributed by atoms with Crippen molar-refractivity contribution in [3.05, 3.63) is 22.4 Å². The fraction of sp³-hybridized carbons (Fsp3) is 0.545. The van der Waals surface area contributed by atoms with Crippen LogP contribution in [0.5, 0.6) is 0 Å². The topological polar surface area (TPSA) is 24.1 Å². The van der Waals surface area contributed by atoms with Crippen molar-refractivity contribution in [2.24, 2.45) is 5.92 Å². The first-order valence-corrected chi connectivity index (χ1v) is 6.46. The fourth-order valence-corrected chi connectivity index (χ4v) is 2.15. The Morgan fingerprint density at radius 3 is 2.73 bits per heavy atom. The van der Waals surface area contributed by atoms with Crippen LogP contribution in [0, 0.1) is 5.92 Å². The second-order valence-corrected chi connectivity index (χ2v) is 5.37. The van der Waals surface area contributed by atoms with E-state index in [2.05, 4.69) is 48.9 Å². The third-order valence-electron chi connectivity index (χ3n) is 1.99. The fourth-order valence-electron chi connectivity index (χ4n) is 1.15. The predicted octanol–water partition coefficient (Wildman–Crippen LogP) is 2.93. The Kier molecular flexibility index (Phi) is 5.05. The van der Waals surface area contributed by atoms with Crippen LogP contribution in [0.3, 0.4) is 0 Å². The highest BCUT2D eigenvalue weighted by Crippen LogP contribution is 2.17. The largest absolute Gasteiger partial charge is 0.362 e. The van der Waals surface area contributed by atoms with E-state index in [4.69, 9.17) is 12.2 Å². The second-order valence-electron chi connectivity index (χ2n) is 3.99. The van der Waals surface area contributed by atoms with Gasteiger partial charge in [-0.05, 0) is 36.5 Å². The van der Waals surface area contributed by atoms with Gasteiger partial charge in [0.1, 0.15) is 0 Å². The zero-order valence-electron chi connectivity index (χ0n) is 9.41. The molecular weight excluding hydrogens is 224 g/mol. The number of nitrogens with one attached hydrogen (secondary N) is 2. The minimum absolute atomic E-state index is 0.289. The Balaban J connectivity index is 2.32. The van der Waals surface area contributed by atoms with E-state index < -0.39 is 0 Å². The molecule has 1 aromatic rings. The SMILES string of the molecule is CC(C)CNC(=S)NC(C)c1cccs1. The lowest BCUT2D eigenvalue weighted by molar-refractivity contribution is 0.611. The lowest BCUT2D eigenvalue weighted by Gasteiger charge is -2.16. The summed E-state index contributed by atoms with van der Waals surface area (Å²) in [6.45, 7) is 7.37. The molecule has 0 spiro atoms. The number of hydrogen-bond donors (Lipinski definition) is 2. The molecule has 0 radical (unpaired) electrons. The molecule has 0 fully saturated rings. The Hall–Kier alpha value is -0.610. The average Bonchev–Trinajstić information content (AvgIpc) is 2.67. The summed E-state index contributed by atoms with van der Waals surface area (Å²) >= 11 is 6.95. The van der Waals surface area contributed by atoms with Gasteiger partial charge in [0.15, 0.2) is 5.11 Å². The first-order chi connectivity index (χ1) is 7.09. The van der Waals surface area contributed by atoms with E-state index in [1.807, 2.05) is 0 Å². The van der Waals surface area contributed by atoms with Crippen LogP contribution in [0.2, 0.25) is 0 Å². The molecule has 1 atom stereocenters. The van der Waals surface area contributed by atoms with Gasteiger partial charge in [0.05, 0.1) is 6.04 Å². The number of rotatable bonds is 4. The smallest absolute Gasteiger partial charge is 0.166 e. The standard InChI is InChI=1S/C11H18N2S2/c1-8(2)7-12-11(14)13-9(3)10-5-4-6-15-10/h4-6,8-9H,7H2,1-3H3,(H2,12,13,14). The second kappa shape index (κ2) is 6.08. The van der Waals surface area contributed by atoms with Gasteiger partial charge in [0, 0.05) is 11.4 Å². The van der Waals surface area contributed by atoms with E-state index in [1.54, 1.807) is 11.3 Å². The van der Waals surface area contributed by atoms with Crippen molar-refractivity contribution in [1.82, 2.24) is 10.6 Å². The summed E-state index contributed by atoms with van der Waals surface area (Å²) in [5.41, 5.74) is 0. The highest BCUT2D eigenvalue weighted by molar-refractivity contribution is 7.80. The highest BCUT2D eigenvalue weighted by atomic mass is 32.1. The molecule has 1 rings (SSSR count). The van der Waals surface area contributed by atoms with E-state index in [0.29, 0.717) is 5.92 Å². The molecule has 0 bridgehead atoms. The van der Waals surface area contributed by atoms with Gasteiger partial charge in [-0.1, -0.05) is 19.9 Å². The van der Waals surface area contributed by atoms with Gasteiger partial charge in [-0.2, -0.15) is 0 Å². The maximum Gasteiger partial charge on any atom is 0.166 e. The van der Waals surface area contributed by atoms with Gasteiger partial charge in [-0.25, -0.2) is 0 Å². The van der Waals surface area contributed by atoms with Crippen LogP contribution in [0.15, 0.2) is 17.5 Å². The van der Waals surface area contributed by atoms with Gasteiger partial charge in [0.2, 0.25) is 0 Å². The molecule has 1 aromatic heterocycles. The minimum atomic E-state index is 0.289. The maximum atomic E-state index is 5.21. The highest BCUT2D eigenvalue weighted by Gasteiger charge is 2.07. The van der Waals surface area contributed by atoms with Crippen molar-refractivity contribution in [2.45, 2.75) is 26.8 Å². The predicted molar refractivity (Wildman–Crippen MR) is 71.3 cm³/mol. The van der Waals surface area contributed by atoms with Crippen molar-refractivity contribution in [3.8, 4) is 0 Å². The van der Waals surface area contributed by atoms with Crippen LogP contribution in [-0.4, -0.2) is 11.7 Å². The third-order valence-corrected chi connectivity index (χ3v) is 3.31. The third kappa shape index (κ3) is 4.62. The molecule has 0 saturated carbocycles. The van der Waals surface area contributed by atoms with Crippen LogP contribution in [0.25, 0.3) is 0 Å². The van der Waals surface area contributed by atoms with Crippen LogP contribution >= 0.6 is 23.6 Å². The monoisotopic (exact) mass is 242 g/mol. The lowest BCUT2D eigenvalue weighted by atomic mass is 10.2. The summed E-state index contributed by atoms with van der Waals surface area (Å²) in [7, 11) is 0. The Morgan fingerprint density at radius 1 is 1.47 bits per heavy atom. The molecule has 4 heteroatoms. The summed E-state index contributed by atoms with van der Waals surface area (Å²) in [6, 6.07) is 4.47. The number of thiophene rings is 1. The zero-order valence-corrected chi connectivity index (χ0v) is 11.0. The molecule has 84 valence electrons. The molecule has 1 unspecified atom stereocenters. The average molecular weight is 242 g/mol. The van der Waals surface area contributed by atoms with E-state index in [0.717, 1.165) is 11.7 Å². The van der Waals surface area contributed by atoms with Crippen LogP contribution in [0.4, 0.5) is 0 Å². The molecule has 15 heavy (non-hydrogen) atoms. The van der Waals surface area contributed by atoms with Crippen molar-refractivity contribution in [1.29, 1.82) is 0 Å². The van der Waals surface area contributed by atoms with Crippen molar-refractivity contribution >= 4 is 28.7 Å². The first kappa shape index (κ1) is 12.5. The van der Waals surface area contributed by atoms with Gasteiger partial charge in [0.25, 0.3) is 0 Å². The summed E-state index contributed by atoms with van der Waals surface area (Å²) in [6.07, 6.45) is 0. The van der Waals surface area contributed by atoms with E-state index >= 15 is 0 Å². The normalized spacial score (nSPS) is 12.5. The minimum Gasteiger partial charge on any atom is -0.362 e. The van der Waals surface area contributed by atoms with Crippen molar-refractivity contribution in [3.63, 3.8) is 0 Å². The van der Waals surface area contributed by atoms with Crippen molar-refractivity contribution < 1.29 is 0 Å². The molecule has 1 heterocycles. The summed E-state index contributed by atoms with van der Waals surface area (Å²) in [4.78, 5) is 1.31. The molecule has 0 aliphatic carbocycles. The molecule has 0 aliphatic rings. The molecule has 0 aliphatic heterocycles. The van der Waals surface area contributed by atoms with Gasteiger partial charge < -0.3 is 10.6 Å². The van der Waals surface area contributed by atoms with Crippen LogP contribution in [0.1, 0.15) is 31.7 Å². The lowest BCUT2D eigenvalue weighted by Crippen LogP contribution is -2.38. The molecular formula is C11H18N2S2. The summed E-state index contributed by atoms with van der Waals surface area (Å²) < 4.78 is 0. The van der Waals surface area contributed by atoms with Crippen LogP contribution < -0.4 is 10.6 Å². The van der Waals surface area contributed by atoms with E-state index in [9.17, 15) is 0 Å². The summed E-state index contributed by atoms with van der Waals surface area (Å²) in [5, 5.41) is 9.29. The first-order valence-electron chi connectivity index (χ1n) is 5.17. The Labute approximate surface area is 101 Å². The van der Waals surface area contributed by atoms with Gasteiger partial charge in [-0.15, -0.1) is 11.3 Å². The van der Waals surface area contributed by atoms with E-state index in [1.165, 1.54) is 4.88 Å². The summed E-state index contributed by atoms with van der Waals surface area (Å²) in [5.74, 6) is 0.613. The number of hydrogen-bond acceptors (Lipinski definition) is 2. The van der Waals surface area contributed by atoms with E-state index in [-0.39, 0.29) is 6.04 Å². The van der Waals surface area contributed by atoms with Gasteiger partial charge in [-0.3, -0.25) is 0 Å². The Morgan fingerprint density at radius 2 is 2.20 bits per heavy atom. The number of thiocarbonyl (C=S) groups is 1. The van der Waals surface area contributed by atoms with Crippen molar-refractivity contribution in [2.75, 3.05) is 6.54 Å². The van der Waals surface area contributed by atoms with Crippen LogP contribution in [-0.2, 0) is 0 Å². The maximum absolute atomic E-state index is 5.21. The molecule has 2 nitrogen and oxygen atoms in total. The quantitative estimate of drug-likeness (QED) is 0.794. The molecule has 0 aromatic carbocycles.